The Morgan fingerprint density at radius 1 is 1.00 bits per heavy atom. The summed E-state index contributed by atoms with van der Waals surface area (Å²) in [4.78, 5) is 40.2. The first-order valence-electron chi connectivity index (χ1n) is 12.0. The molecule has 0 radical (unpaired) electrons. The van der Waals surface area contributed by atoms with Crippen molar-refractivity contribution < 1.29 is 19.5 Å². The van der Waals surface area contributed by atoms with E-state index in [1.165, 1.54) is 16.7 Å². The van der Waals surface area contributed by atoms with Gasteiger partial charge in [-0.2, -0.15) is 0 Å². The molecule has 9 heteroatoms. The predicted molar refractivity (Wildman–Crippen MR) is 142 cm³/mol. The summed E-state index contributed by atoms with van der Waals surface area (Å²) >= 11 is 1.48. The lowest BCUT2D eigenvalue weighted by atomic mass is 9.99. The number of hydrogen-bond acceptors (Lipinski definition) is 5. The summed E-state index contributed by atoms with van der Waals surface area (Å²) < 4.78 is -0.535. The average Bonchev–Trinajstić information content (AvgIpc) is 3.16. The maximum absolute atomic E-state index is 13.2. The van der Waals surface area contributed by atoms with Gasteiger partial charge in [-0.05, 0) is 56.9 Å². The minimum atomic E-state index is -1.49. The highest BCUT2D eigenvalue weighted by Crippen LogP contribution is 2.39. The molecule has 4 N–H and O–H groups in total. The molecule has 2 aromatic rings. The molecule has 36 heavy (non-hydrogen) atoms. The fraction of sp³-hybridized carbons (Fsp3) is 0.444. The van der Waals surface area contributed by atoms with Gasteiger partial charge in [0.05, 0.1) is 11.9 Å². The highest BCUT2D eigenvalue weighted by atomic mass is 32.2. The van der Waals surface area contributed by atoms with Gasteiger partial charge in [-0.15, -0.1) is 11.8 Å². The number of hydrogen-bond donors (Lipinski definition) is 4. The van der Waals surface area contributed by atoms with Crippen LogP contribution in [0.2, 0.25) is 0 Å². The van der Waals surface area contributed by atoms with Crippen LogP contribution in [0, 0.1) is 13.8 Å². The number of carbonyl (C=O) groups excluding carboxylic acids is 3. The van der Waals surface area contributed by atoms with Crippen LogP contribution in [0.3, 0.4) is 0 Å². The second-order valence-corrected chi connectivity index (χ2v) is 11.3. The van der Waals surface area contributed by atoms with Crippen LogP contribution in [0.15, 0.2) is 48.5 Å². The zero-order valence-electron chi connectivity index (χ0n) is 21.5. The van der Waals surface area contributed by atoms with Gasteiger partial charge in [0, 0.05) is 17.8 Å². The second-order valence-electron chi connectivity index (χ2n) is 9.72. The molecule has 0 bridgehead atoms. The van der Waals surface area contributed by atoms with Crippen LogP contribution in [-0.2, 0) is 22.7 Å². The van der Waals surface area contributed by atoms with Gasteiger partial charge in [-0.3, -0.25) is 9.59 Å². The van der Waals surface area contributed by atoms with Crippen LogP contribution in [-0.4, -0.2) is 56.7 Å². The molecule has 1 saturated heterocycles. The molecule has 0 aliphatic carbocycles. The second kappa shape index (κ2) is 11.8. The molecule has 1 aliphatic rings. The zero-order valence-corrected chi connectivity index (χ0v) is 22.3. The fourth-order valence-electron chi connectivity index (χ4n) is 4.20. The van der Waals surface area contributed by atoms with Crippen LogP contribution < -0.4 is 16.0 Å². The number of carbonyl (C=O) groups is 3. The molecule has 1 fully saturated rings. The van der Waals surface area contributed by atoms with E-state index in [4.69, 9.17) is 0 Å². The average molecular weight is 513 g/mol. The minimum absolute atomic E-state index is 0.273. The number of aliphatic hydroxyl groups is 1. The molecule has 4 amide bonds. The van der Waals surface area contributed by atoms with Crippen LogP contribution in [0.25, 0.3) is 0 Å². The topological polar surface area (TPSA) is 111 Å². The van der Waals surface area contributed by atoms with Crippen LogP contribution in [0.4, 0.5) is 4.79 Å². The van der Waals surface area contributed by atoms with Gasteiger partial charge >= 0.3 is 6.03 Å². The summed E-state index contributed by atoms with van der Waals surface area (Å²) in [5, 5.41) is 19.1. The largest absolute Gasteiger partial charge is 0.381 e. The number of urea groups is 1. The van der Waals surface area contributed by atoms with Crippen molar-refractivity contribution in [2.45, 2.75) is 70.6 Å². The maximum Gasteiger partial charge on any atom is 0.315 e. The maximum atomic E-state index is 13.2. The molecule has 8 nitrogen and oxygen atoms in total. The Morgan fingerprint density at radius 2 is 1.53 bits per heavy atom. The van der Waals surface area contributed by atoms with E-state index >= 15 is 0 Å². The van der Waals surface area contributed by atoms with E-state index in [0.717, 1.165) is 22.3 Å². The summed E-state index contributed by atoms with van der Waals surface area (Å²) in [5.41, 5.74) is 4.11. The molecule has 194 valence electrons. The Bertz CT molecular complexity index is 1110. The van der Waals surface area contributed by atoms with Crippen LogP contribution >= 0.6 is 11.8 Å². The summed E-state index contributed by atoms with van der Waals surface area (Å²) in [6.07, 6.45) is -1.49. The third kappa shape index (κ3) is 6.59. The molecule has 0 spiro atoms. The SMILES string of the molecule is Cc1ccccc1CNC(=O)NC(C)C(O)C(=O)N1CSC(C)(C)[C@H]1C(=O)NCc1ccccc1C. The van der Waals surface area contributed by atoms with Crippen LogP contribution in [0.1, 0.15) is 43.0 Å². The van der Waals surface area contributed by atoms with Gasteiger partial charge in [0.1, 0.15) is 6.04 Å². The smallest absolute Gasteiger partial charge is 0.315 e. The number of amides is 4. The van der Waals surface area contributed by atoms with E-state index in [1.807, 2.05) is 76.2 Å². The fourth-order valence-corrected chi connectivity index (χ4v) is 5.34. The number of aryl methyl sites for hydroxylation is 2. The van der Waals surface area contributed by atoms with Gasteiger partial charge < -0.3 is 26.0 Å². The zero-order chi connectivity index (χ0) is 26.5. The van der Waals surface area contributed by atoms with Crippen molar-refractivity contribution in [1.82, 2.24) is 20.9 Å². The molecule has 3 atom stereocenters. The molecular formula is C27H36N4O4S. The lowest BCUT2D eigenvalue weighted by Crippen LogP contribution is -2.58. The quantitative estimate of drug-likeness (QED) is 0.435. The Labute approximate surface area is 217 Å². The number of nitrogens with zero attached hydrogens (tertiary/aromatic N) is 1. The van der Waals surface area contributed by atoms with E-state index in [2.05, 4.69) is 16.0 Å². The van der Waals surface area contributed by atoms with Crippen LogP contribution in [0.5, 0.6) is 0 Å². The molecule has 1 heterocycles. The standard InChI is InChI=1S/C27H36N4O4S/c1-17-10-6-8-12-20(17)14-28-24(33)23-27(4,5)36-16-31(23)25(34)22(32)19(3)30-26(35)29-15-21-13-9-7-11-18(21)2/h6-13,19,22-23,32H,14-16H2,1-5H3,(H,28,33)(H2,29,30,35)/t19?,22?,23-/m1/s1. The highest BCUT2D eigenvalue weighted by molar-refractivity contribution is 8.00. The summed E-state index contributed by atoms with van der Waals surface area (Å²) in [6, 6.07) is 13.4. The number of rotatable bonds is 8. The van der Waals surface area contributed by atoms with E-state index in [1.54, 1.807) is 6.92 Å². The summed E-state index contributed by atoms with van der Waals surface area (Å²) in [5.74, 6) is -0.585. The molecule has 2 aromatic carbocycles. The van der Waals surface area contributed by atoms with E-state index < -0.39 is 34.9 Å². The highest BCUT2D eigenvalue weighted by Gasteiger charge is 2.49. The normalized spacial score (nSPS) is 18.3. The van der Waals surface area contributed by atoms with Gasteiger partial charge in [0.2, 0.25) is 5.91 Å². The summed E-state index contributed by atoms with van der Waals surface area (Å²) in [7, 11) is 0. The van der Waals surface area contributed by atoms with Gasteiger partial charge in [0.25, 0.3) is 5.91 Å². The number of nitrogens with one attached hydrogen (secondary N) is 3. The molecule has 3 rings (SSSR count). The molecule has 1 aliphatic heterocycles. The van der Waals surface area contributed by atoms with Gasteiger partial charge in [0.15, 0.2) is 6.10 Å². The first kappa shape index (κ1) is 27.5. The van der Waals surface area contributed by atoms with Gasteiger partial charge in [-0.1, -0.05) is 48.5 Å². The molecule has 2 unspecified atom stereocenters. The van der Waals surface area contributed by atoms with Crippen molar-refractivity contribution in [1.29, 1.82) is 0 Å². The first-order valence-corrected chi connectivity index (χ1v) is 13.0. The van der Waals surface area contributed by atoms with Crippen molar-refractivity contribution in [3.63, 3.8) is 0 Å². The third-order valence-corrected chi connectivity index (χ3v) is 7.95. The lowest BCUT2D eigenvalue weighted by Gasteiger charge is -2.32. The molecular weight excluding hydrogens is 476 g/mol. The Hall–Kier alpha value is -3.04. The number of aliphatic hydroxyl groups excluding tert-OH is 1. The lowest BCUT2D eigenvalue weighted by molar-refractivity contribution is -0.147. The minimum Gasteiger partial charge on any atom is -0.381 e. The first-order chi connectivity index (χ1) is 17.0. The number of thioether (sulfide) groups is 1. The predicted octanol–water partition coefficient (Wildman–Crippen LogP) is 2.85. The third-order valence-electron chi connectivity index (χ3n) is 6.58. The van der Waals surface area contributed by atoms with E-state index in [0.29, 0.717) is 13.1 Å². The van der Waals surface area contributed by atoms with Crippen molar-refractivity contribution in [2.24, 2.45) is 0 Å². The Morgan fingerprint density at radius 3 is 2.08 bits per heavy atom. The Balaban J connectivity index is 1.60. The summed E-state index contributed by atoms with van der Waals surface area (Å²) in [6.45, 7) is 10.0. The van der Waals surface area contributed by atoms with Gasteiger partial charge in [-0.25, -0.2) is 4.79 Å². The molecule has 0 saturated carbocycles. The monoisotopic (exact) mass is 512 g/mol. The number of benzene rings is 2. The van der Waals surface area contributed by atoms with E-state index in [-0.39, 0.29) is 11.8 Å². The van der Waals surface area contributed by atoms with E-state index in [9.17, 15) is 19.5 Å². The Kier molecular flexibility index (Phi) is 9.03. The van der Waals surface area contributed by atoms with Crippen molar-refractivity contribution >= 4 is 29.6 Å². The molecule has 0 aromatic heterocycles. The van der Waals surface area contributed by atoms with Crippen molar-refractivity contribution in [3.8, 4) is 0 Å². The van der Waals surface area contributed by atoms with Crippen molar-refractivity contribution in [3.05, 3.63) is 70.8 Å². The van der Waals surface area contributed by atoms with Crippen molar-refractivity contribution in [2.75, 3.05) is 5.88 Å².